The molecule has 0 aromatic carbocycles. The van der Waals surface area contributed by atoms with Gasteiger partial charge in [-0.1, -0.05) is 86.1 Å². The van der Waals surface area contributed by atoms with E-state index in [9.17, 15) is 88.6 Å². The van der Waals surface area contributed by atoms with Gasteiger partial charge < -0.3 is 31.3 Å². The molecule has 0 aliphatic heterocycles. The number of nitrogens with zero attached hydrogens (tertiary/aromatic N) is 15. The predicted octanol–water partition coefficient (Wildman–Crippen LogP) is 20.2. The monoisotopic (exact) mass is 1800 g/mol. The first-order valence-corrected chi connectivity index (χ1v) is 36.5. The van der Waals surface area contributed by atoms with E-state index < -0.39 is 98.5 Å². The number of carbonyl (C=O) groups excluding carboxylic acids is 1. The summed E-state index contributed by atoms with van der Waals surface area (Å²) in [5.41, 5.74) is 23.8. The Balaban J connectivity index is 0.000000656. The molecule has 7 N–H and O–H groups in total. The number of aliphatic hydroxyl groups is 5. The molecule has 116 heavy (non-hydrogen) atoms. The standard InChI is InChI=1S/C10H13F2NO3S.C9H10F2N4.C9H11F2NO.C8H8F2N4O.C8H10F2N2O.C8H9F2NO2.C8H7F2N.C6H4BrF2N.C6H4BrNO/c1-3-9(16-17(2,14)15)7-4-5-8(10(11)12)13-6-7;1-2-7(14-15-12)6-3-4-8(9(10)11)13-5-6;1-2-8(13)6-3-4-7(9(10)11)12-5-6;9-8(10)6-2-1-5(3-12-6)7(4-15)13-14-11;9-8(10)7-2-1-5(3-12-7)6(11)4-13;9-8(10)6-2-1-5(3-11-6)7(13)4-12;1-2-6-3-4-7(8(9)10)11-5-6;7-4-1-2-5(6(8)9)10-3-4;7-5-1-2-6(4-9)8-3-5/h4-6,9-10H,3H2,1-2H3;3-5,7,9H,2H2,1H3;3-5,8-9,13H,2H2,1H3;1-3,7-8,15H,4H2;1-3,6,8,13H,4,11H2;1-3,7-8,12-13H,4H2;2-5,8H,1H2;1-3,6H;1-4H/t9-;7-;8-;7-;6-;7-;;;/m010110.../s1. The average Bonchev–Trinajstić information content (AvgIpc) is 0.862. The molecule has 9 rings (SSSR count). The molecule has 0 aliphatic rings. The van der Waals surface area contributed by atoms with Gasteiger partial charge in [-0.2, -0.15) is 8.42 Å². The maximum atomic E-state index is 12.3. The average molecular weight is 1810 g/mol. The summed E-state index contributed by atoms with van der Waals surface area (Å²) in [6.45, 7) is 7.81. The summed E-state index contributed by atoms with van der Waals surface area (Å²) in [7, 11) is -3.59. The Kier molecular flexibility index (Phi) is 51.1. The Morgan fingerprint density at radius 3 is 1.01 bits per heavy atom. The Morgan fingerprint density at radius 1 is 0.431 bits per heavy atom. The van der Waals surface area contributed by atoms with E-state index in [1.165, 1.54) is 110 Å². The summed E-state index contributed by atoms with van der Waals surface area (Å²) in [6.07, 6.45) is -6.45. The normalized spacial score (nSPS) is 12.2. The van der Waals surface area contributed by atoms with Gasteiger partial charge in [0.2, 0.25) is 0 Å². The number of azide groups is 2. The summed E-state index contributed by atoms with van der Waals surface area (Å²) in [5, 5.41) is 51.3. The lowest BCUT2D eigenvalue weighted by Gasteiger charge is -2.14. The lowest BCUT2D eigenvalue weighted by molar-refractivity contribution is 0.0950. The van der Waals surface area contributed by atoms with Crippen LogP contribution >= 0.6 is 31.9 Å². The quantitative estimate of drug-likeness (QED) is 0.00732. The molecular formula is C72H76Br2F16N16O9S. The molecular weight excluding hydrogens is 1730 g/mol. The highest BCUT2D eigenvalue weighted by atomic mass is 79.9. The van der Waals surface area contributed by atoms with E-state index in [2.05, 4.69) is 103 Å². The molecule has 9 aromatic heterocycles. The van der Waals surface area contributed by atoms with Crippen LogP contribution in [-0.2, 0) is 14.3 Å². The molecule has 0 saturated carbocycles. The smallest absolute Gasteiger partial charge is 0.280 e. The second-order valence-electron chi connectivity index (χ2n) is 22.3. The number of carbonyl (C=O) groups is 1. The maximum absolute atomic E-state index is 12.3. The Hall–Kier alpha value is -10.1. The van der Waals surface area contributed by atoms with Gasteiger partial charge in [-0.15, -0.1) is 0 Å². The number of halogens is 18. The Labute approximate surface area is 670 Å². The molecule has 0 saturated heterocycles. The summed E-state index contributed by atoms with van der Waals surface area (Å²) in [6, 6.07) is 23.0. The van der Waals surface area contributed by atoms with Crippen LogP contribution in [0.15, 0.2) is 191 Å². The van der Waals surface area contributed by atoms with Crippen molar-refractivity contribution in [1.82, 2.24) is 44.9 Å². The molecule has 9 heterocycles. The third-order valence-electron chi connectivity index (χ3n) is 14.0. The number of aromatic nitrogens is 9. The molecule has 630 valence electrons. The zero-order valence-electron chi connectivity index (χ0n) is 61.1. The molecule has 25 nitrogen and oxygen atoms in total. The molecule has 0 bridgehead atoms. The minimum atomic E-state index is -3.59. The molecule has 0 unspecified atom stereocenters. The number of aldehydes is 1. The fraction of sp³-hybridized carbons (Fsp3) is 0.333. The van der Waals surface area contributed by atoms with Gasteiger partial charge in [0.05, 0.1) is 50.3 Å². The maximum Gasteiger partial charge on any atom is 0.280 e. The molecule has 0 radical (unpaired) electrons. The highest BCUT2D eigenvalue weighted by Gasteiger charge is 2.20. The molecule has 44 heteroatoms. The van der Waals surface area contributed by atoms with Crippen LogP contribution in [0.25, 0.3) is 27.0 Å². The van der Waals surface area contributed by atoms with Crippen molar-refractivity contribution in [3.63, 3.8) is 0 Å². The first-order valence-electron chi connectivity index (χ1n) is 33.1. The van der Waals surface area contributed by atoms with Crippen LogP contribution in [0.5, 0.6) is 0 Å². The lowest BCUT2D eigenvalue weighted by Crippen LogP contribution is -2.14. The van der Waals surface area contributed by atoms with Crippen LogP contribution in [0.2, 0.25) is 0 Å². The zero-order chi connectivity index (χ0) is 87.6. The van der Waals surface area contributed by atoms with Gasteiger partial charge in [0.15, 0.2) is 6.29 Å². The highest BCUT2D eigenvalue weighted by Crippen LogP contribution is 2.28. The summed E-state index contributed by atoms with van der Waals surface area (Å²) >= 11 is 6.28. The van der Waals surface area contributed by atoms with Crippen molar-refractivity contribution in [3.05, 3.63) is 292 Å². The molecule has 0 fully saturated rings. The van der Waals surface area contributed by atoms with E-state index in [0.29, 0.717) is 69.1 Å². The van der Waals surface area contributed by atoms with E-state index >= 15 is 0 Å². The van der Waals surface area contributed by atoms with Gasteiger partial charge in [-0.05, 0) is 157 Å². The number of hydrogen-bond acceptors (Lipinski definition) is 21. The van der Waals surface area contributed by atoms with E-state index in [1.54, 1.807) is 37.4 Å². The summed E-state index contributed by atoms with van der Waals surface area (Å²) in [4.78, 5) is 47.2. The number of alkyl halides is 16. The predicted molar refractivity (Wildman–Crippen MR) is 400 cm³/mol. The van der Waals surface area contributed by atoms with Crippen molar-refractivity contribution >= 4 is 54.3 Å². The van der Waals surface area contributed by atoms with Crippen LogP contribution in [0.3, 0.4) is 0 Å². The van der Waals surface area contributed by atoms with Crippen molar-refractivity contribution < 1.29 is 113 Å². The molecule has 0 spiro atoms. The van der Waals surface area contributed by atoms with Gasteiger partial charge in [0.1, 0.15) is 63.5 Å². The van der Waals surface area contributed by atoms with Crippen molar-refractivity contribution in [1.29, 1.82) is 0 Å². The SMILES string of the molecule is C=Cc1ccc(C(F)F)nc1.CC[C@@H](N=[N+]=[N-])c1ccc(C(F)F)nc1.CC[C@H](O)c1ccc(C(F)F)nc1.CC[C@H](OS(C)(=O)=O)c1ccc(C(F)F)nc1.FC(F)c1ccc(Br)cn1.N[C@H](CO)c1ccc(C(F)F)nc1.O=Cc1ccc(Br)cn1.OC[C@H](O)c1ccc(C(F)F)nc1.[N-]=[N+]=N[C@H](CO)c1ccc(C(F)F)nc1. The number of hydrogen-bond donors (Lipinski definition) is 6. The Bertz CT molecular complexity index is 4200. The van der Waals surface area contributed by atoms with E-state index in [4.69, 9.17) is 41.4 Å². The molecule has 9 aromatic rings. The topological polar surface area (TPSA) is 401 Å². The zero-order valence-corrected chi connectivity index (χ0v) is 65.1. The van der Waals surface area contributed by atoms with E-state index in [1.807, 2.05) is 13.8 Å². The third kappa shape index (κ3) is 41.5. The van der Waals surface area contributed by atoms with Crippen LogP contribution in [-0.4, -0.2) is 111 Å². The van der Waals surface area contributed by atoms with Gasteiger partial charge in [0, 0.05) is 85.7 Å². The third-order valence-corrected chi connectivity index (χ3v) is 15.5. The fourth-order valence-electron chi connectivity index (χ4n) is 7.85. The van der Waals surface area contributed by atoms with Gasteiger partial charge in [0.25, 0.3) is 61.5 Å². The number of rotatable bonds is 26. The largest absolute Gasteiger partial charge is 0.396 e. The van der Waals surface area contributed by atoms with Crippen LogP contribution < -0.4 is 5.73 Å². The summed E-state index contributed by atoms with van der Waals surface area (Å²) in [5.74, 6) is 0. The second-order valence-corrected chi connectivity index (χ2v) is 25.7. The Morgan fingerprint density at radius 2 is 0.750 bits per heavy atom. The first kappa shape index (κ1) is 104. The number of aliphatic hydroxyl groups excluding tert-OH is 5. The van der Waals surface area contributed by atoms with Crippen LogP contribution in [0.1, 0.15) is 223 Å². The number of nitrogens with two attached hydrogens (primary N) is 1. The van der Waals surface area contributed by atoms with Gasteiger partial charge in [-0.3, -0.25) is 53.8 Å². The van der Waals surface area contributed by atoms with E-state index in [0.717, 1.165) is 46.9 Å². The fourth-order valence-corrected chi connectivity index (χ4v) is 8.99. The van der Waals surface area contributed by atoms with E-state index in [-0.39, 0.29) is 64.8 Å². The van der Waals surface area contributed by atoms with Gasteiger partial charge in [-0.25, -0.2) is 70.2 Å². The van der Waals surface area contributed by atoms with Crippen LogP contribution in [0.4, 0.5) is 70.2 Å². The van der Waals surface area contributed by atoms with Crippen molar-refractivity contribution in [2.45, 2.75) is 128 Å². The molecule has 0 amide bonds. The minimum Gasteiger partial charge on any atom is -0.396 e. The van der Waals surface area contributed by atoms with Crippen molar-refractivity contribution in [3.8, 4) is 0 Å². The molecule has 0 aliphatic carbocycles. The molecule has 6 atom stereocenters. The minimum absolute atomic E-state index is 0.191. The lowest BCUT2D eigenvalue weighted by atomic mass is 10.1. The van der Waals surface area contributed by atoms with Crippen LogP contribution in [0, 0.1) is 0 Å². The first-order chi connectivity index (χ1) is 54.9. The van der Waals surface area contributed by atoms with Crippen molar-refractivity contribution in [2.75, 3.05) is 26.1 Å². The highest BCUT2D eigenvalue weighted by molar-refractivity contribution is 9.10. The number of pyridine rings is 9. The summed E-state index contributed by atoms with van der Waals surface area (Å²) < 4.78 is 221. The second kappa shape index (κ2) is 57.0. The van der Waals surface area contributed by atoms with Gasteiger partial charge >= 0.3 is 0 Å². The van der Waals surface area contributed by atoms with Crippen molar-refractivity contribution in [2.24, 2.45) is 16.0 Å².